The molecule has 1 heterocycles. The molecule has 1 aromatic carbocycles. The fraction of sp³-hybridized carbons (Fsp3) is 0.385. The van der Waals surface area contributed by atoms with E-state index in [-0.39, 0.29) is 0 Å². The lowest BCUT2D eigenvalue weighted by Crippen LogP contribution is -2.17. The van der Waals surface area contributed by atoms with Crippen molar-refractivity contribution in [3.8, 4) is 0 Å². The number of aromatic nitrogens is 2. The predicted molar refractivity (Wildman–Crippen MR) is 70.4 cm³/mol. The SMILES string of the molecule is CCN(C)c1noc(Cc2ccccc2CN)n1. The number of nitrogens with two attached hydrogens (primary N) is 1. The van der Waals surface area contributed by atoms with Crippen molar-refractivity contribution in [1.29, 1.82) is 0 Å². The number of nitrogens with zero attached hydrogens (tertiary/aromatic N) is 3. The lowest BCUT2D eigenvalue weighted by molar-refractivity contribution is 0.384. The first-order chi connectivity index (χ1) is 8.74. The van der Waals surface area contributed by atoms with Crippen molar-refractivity contribution in [3.05, 3.63) is 41.3 Å². The van der Waals surface area contributed by atoms with Crippen molar-refractivity contribution in [1.82, 2.24) is 10.1 Å². The molecule has 0 bridgehead atoms. The van der Waals surface area contributed by atoms with E-state index < -0.39 is 0 Å². The van der Waals surface area contributed by atoms with Gasteiger partial charge in [0.1, 0.15) is 0 Å². The number of anilines is 1. The maximum absolute atomic E-state index is 5.70. The van der Waals surface area contributed by atoms with Gasteiger partial charge >= 0.3 is 0 Å². The van der Waals surface area contributed by atoms with Gasteiger partial charge in [-0.2, -0.15) is 4.98 Å². The van der Waals surface area contributed by atoms with Gasteiger partial charge in [0.25, 0.3) is 5.95 Å². The molecule has 0 fully saturated rings. The van der Waals surface area contributed by atoms with Gasteiger partial charge in [-0.1, -0.05) is 24.3 Å². The van der Waals surface area contributed by atoms with Crippen LogP contribution in [0.5, 0.6) is 0 Å². The zero-order valence-electron chi connectivity index (χ0n) is 10.8. The highest BCUT2D eigenvalue weighted by molar-refractivity contribution is 5.31. The summed E-state index contributed by atoms with van der Waals surface area (Å²) < 4.78 is 5.25. The summed E-state index contributed by atoms with van der Waals surface area (Å²) in [6.07, 6.45) is 0.623. The second-order valence-electron chi connectivity index (χ2n) is 4.15. The molecule has 5 heteroatoms. The molecular weight excluding hydrogens is 228 g/mol. The summed E-state index contributed by atoms with van der Waals surface area (Å²) in [5.41, 5.74) is 7.95. The summed E-state index contributed by atoms with van der Waals surface area (Å²) in [7, 11) is 1.93. The van der Waals surface area contributed by atoms with Gasteiger partial charge in [-0.3, -0.25) is 0 Å². The van der Waals surface area contributed by atoms with Gasteiger partial charge in [0, 0.05) is 20.1 Å². The highest BCUT2D eigenvalue weighted by atomic mass is 16.5. The minimum absolute atomic E-state index is 0.520. The van der Waals surface area contributed by atoms with Gasteiger partial charge in [-0.15, -0.1) is 0 Å². The van der Waals surface area contributed by atoms with Gasteiger partial charge in [0.15, 0.2) is 0 Å². The number of hydrogen-bond donors (Lipinski definition) is 1. The number of rotatable bonds is 5. The van der Waals surface area contributed by atoms with Crippen LogP contribution in [0.3, 0.4) is 0 Å². The van der Waals surface area contributed by atoms with Crippen molar-refractivity contribution < 1.29 is 4.52 Å². The first-order valence-electron chi connectivity index (χ1n) is 6.05. The summed E-state index contributed by atoms with van der Waals surface area (Å²) in [5.74, 6) is 1.24. The topological polar surface area (TPSA) is 68.2 Å². The summed E-state index contributed by atoms with van der Waals surface area (Å²) in [6.45, 7) is 3.41. The van der Waals surface area contributed by atoms with Crippen molar-refractivity contribution in [3.63, 3.8) is 0 Å². The van der Waals surface area contributed by atoms with Crippen LogP contribution in [0.25, 0.3) is 0 Å². The molecule has 0 aliphatic heterocycles. The van der Waals surface area contributed by atoms with Gasteiger partial charge in [0.2, 0.25) is 5.89 Å². The van der Waals surface area contributed by atoms with Crippen LogP contribution in [0.4, 0.5) is 5.95 Å². The molecule has 0 spiro atoms. The van der Waals surface area contributed by atoms with E-state index in [1.54, 1.807) is 0 Å². The molecule has 18 heavy (non-hydrogen) atoms. The zero-order chi connectivity index (χ0) is 13.0. The molecule has 0 unspecified atom stereocenters. The second kappa shape index (κ2) is 5.64. The van der Waals surface area contributed by atoms with Gasteiger partial charge < -0.3 is 15.2 Å². The maximum Gasteiger partial charge on any atom is 0.265 e. The largest absolute Gasteiger partial charge is 0.342 e. The molecule has 2 rings (SSSR count). The molecule has 96 valence electrons. The van der Waals surface area contributed by atoms with E-state index in [0.29, 0.717) is 24.8 Å². The molecule has 2 aromatic rings. The van der Waals surface area contributed by atoms with Crippen LogP contribution >= 0.6 is 0 Å². The standard InChI is InChI=1S/C13H18N4O/c1-3-17(2)13-15-12(18-16-13)8-10-6-4-5-7-11(10)9-14/h4-7H,3,8-9,14H2,1-2H3. The molecular formula is C13H18N4O. The molecule has 2 N–H and O–H groups in total. The third-order valence-electron chi connectivity index (χ3n) is 2.95. The molecule has 0 atom stereocenters. The Balaban J connectivity index is 2.16. The van der Waals surface area contributed by atoms with Gasteiger partial charge in [0.05, 0.1) is 6.42 Å². The molecule has 0 saturated carbocycles. The molecule has 1 aromatic heterocycles. The zero-order valence-corrected chi connectivity index (χ0v) is 10.8. The predicted octanol–water partition coefficient (Wildman–Crippen LogP) is 1.58. The average molecular weight is 246 g/mol. The molecule has 5 nitrogen and oxygen atoms in total. The van der Waals surface area contributed by atoms with E-state index in [0.717, 1.165) is 17.7 Å². The van der Waals surface area contributed by atoms with E-state index in [2.05, 4.69) is 10.1 Å². The Hall–Kier alpha value is -1.88. The highest BCUT2D eigenvalue weighted by Gasteiger charge is 2.11. The Kier molecular flexibility index (Phi) is 3.94. The number of benzene rings is 1. The molecule has 0 radical (unpaired) electrons. The van der Waals surface area contributed by atoms with E-state index >= 15 is 0 Å². The van der Waals surface area contributed by atoms with E-state index in [4.69, 9.17) is 10.3 Å². The summed E-state index contributed by atoms with van der Waals surface area (Å²) >= 11 is 0. The Morgan fingerprint density at radius 2 is 2.00 bits per heavy atom. The monoisotopic (exact) mass is 246 g/mol. The Morgan fingerprint density at radius 3 is 2.67 bits per heavy atom. The smallest absolute Gasteiger partial charge is 0.265 e. The maximum atomic E-state index is 5.70. The van der Waals surface area contributed by atoms with E-state index in [1.807, 2.05) is 43.1 Å². The third-order valence-corrected chi connectivity index (χ3v) is 2.95. The van der Waals surface area contributed by atoms with Crippen molar-refractivity contribution in [2.75, 3.05) is 18.5 Å². The lowest BCUT2D eigenvalue weighted by Gasteiger charge is -2.08. The van der Waals surface area contributed by atoms with Crippen molar-refractivity contribution in [2.24, 2.45) is 5.73 Å². The Bertz CT molecular complexity index is 509. The fourth-order valence-corrected chi connectivity index (χ4v) is 1.71. The normalized spacial score (nSPS) is 10.6. The lowest BCUT2D eigenvalue weighted by atomic mass is 10.0. The van der Waals surface area contributed by atoms with E-state index in [1.165, 1.54) is 0 Å². The van der Waals surface area contributed by atoms with Crippen LogP contribution in [0.2, 0.25) is 0 Å². The average Bonchev–Trinajstić information content (AvgIpc) is 2.87. The van der Waals surface area contributed by atoms with E-state index in [9.17, 15) is 0 Å². The van der Waals surface area contributed by atoms with Crippen LogP contribution in [0, 0.1) is 0 Å². The summed E-state index contributed by atoms with van der Waals surface area (Å²) in [6, 6.07) is 8.03. The van der Waals surface area contributed by atoms with Crippen LogP contribution in [-0.4, -0.2) is 23.7 Å². The molecule has 0 aliphatic rings. The first-order valence-corrected chi connectivity index (χ1v) is 6.05. The fourth-order valence-electron chi connectivity index (χ4n) is 1.71. The minimum atomic E-state index is 0.520. The third kappa shape index (κ3) is 2.68. The quantitative estimate of drug-likeness (QED) is 0.867. The minimum Gasteiger partial charge on any atom is -0.342 e. The van der Waals surface area contributed by atoms with Crippen LogP contribution in [0.1, 0.15) is 23.9 Å². The summed E-state index contributed by atoms with van der Waals surface area (Å²) in [4.78, 5) is 6.29. The van der Waals surface area contributed by atoms with Crippen LogP contribution < -0.4 is 10.6 Å². The Labute approximate surface area is 107 Å². The van der Waals surface area contributed by atoms with Gasteiger partial charge in [-0.25, -0.2) is 0 Å². The first kappa shape index (κ1) is 12.6. The summed E-state index contributed by atoms with van der Waals surface area (Å²) in [5, 5.41) is 3.95. The molecule has 0 aliphatic carbocycles. The number of hydrogen-bond acceptors (Lipinski definition) is 5. The van der Waals surface area contributed by atoms with Crippen molar-refractivity contribution >= 4 is 5.95 Å². The molecule has 0 amide bonds. The highest BCUT2D eigenvalue weighted by Crippen LogP contribution is 2.15. The molecule has 0 saturated heterocycles. The van der Waals surface area contributed by atoms with Crippen LogP contribution in [-0.2, 0) is 13.0 Å². The van der Waals surface area contributed by atoms with Crippen LogP contribution in [0.15, 0.2) is 28.8 Å². The Morgan fingerprint density at radius 1 is 1.28 bits per heavy atom. The second-order valence-corrected chi connectivity index (χ2v) is 4.15. The van der Waals surface area contributed by atoms with Gasteiger partial charge in [-0.05, 0) is 23.2 Å². The van der Waals surface area contributed by atoms with Crippen molar-refractivity contribution in [2.45, 2.75) is 19.9 Å².